The lowest BCUT2D eigenvalue weighted by atomic mass is 9.70. The van der Waals surface area contributed by atoms with Gasteiger partial charge >= 0.3 is 0 Å². The zero-order valence-electron chi connectivity index (χ0n) is 34.4. The summed E-state index contributed by atoms with van der Waals surface area (Å²) in [4.78, 5) is 2.41. The van der Waals surface area contributed by atoms with Crippen LogP contribution in [0.4, 0.5) is 17.1 Å². The molecule has 0 aliphatic heterocycles. The summed E-state index contributed by atoms with van der Waals surface area (Å²) in [5.74, 6) is 0. The number of hydrogen-bond acceptors (Lipinski definition) is 2. The van der Waals surface area contributed by atoms with Gasteiger partial charge in [-0.25, -0.2) is 0 Å². The quantitative estimate of drug-likeness (QED) is 0.167. The van der Waals surface area contributed by atoms with Crippen molar-refractivity contribution in [1.29, 1.82) is 0 Å². The molecule has 1 heterocycles. The van der Waals surface area contributed by atoms with Gasteiger partial charge in [0.15, 0.2) is 5.58 Å². The molecule has 0 bridgehead atoms. The van der Waals surface area contributed by atoms with Crippen LogP contribution in [0.1, 0.15) is 22.3 Å². The summed E-state index contributed by atoms with van der Waals surface area (Å²) in [7, 11) is 0. The summed E-state index contributed by atoms with van der Waals surface area (Å²) in [6.07, 6.45) is 0. The number of furan rings is 1. The number of para-hydroxylation sites is 1. The van der Waals surface area contributed by atoms with Crippen molar-refractivity contribution in [3.8, 4) is 55.6 Å². The first-order chi connectivity index (χ1) is 31.3. The standard InChI is InChI=1S/C61H39NO/c1-4-16-40(17-5-1)43-28-33-46(34-29-43)62(47-35-30-44(31-36-47)41-18-6-2-7-19-41)56-39-55-58(59-51-24-12-15-27-57(51)63-60(56)59)50-23-11-14-26-53(50)61(55)52-25-13-10-22-48(52)49-37-32-45(38-54(49)61)42-20-8-3-9-21-42/h1-39H. The molecule has 1 spiro atoms. The van der Waals surface area contributed by atoms with Gasteiger partial charge in [-0.3, -0.25) is 0 Å². The van der Waals surface area contributed by atoms with Crippen molar-refractivity contribution in [2.45, 2.75) is 5.41 Å². The molecule has 0 radical (unpaired) electrons. The molecule has 13 rings (SSSR count). The van der Waals surface area contributed by atoms with E-state index in [1.54, 1.807) is 0 Å². The molecule has 0 N–H and O–H groups in total. The predicted molar refractivity (Wildman–Crippen MR) is 261 cm³/mol. The van der Waals surface area contributed by atoms with E-state index in [1.807, 2.05) is 0 Å². The molecular formula is C61H39NO. The van der Waals surface area contributed by atoms with Crippen LogP contribution in [0.25, 0.3) is 77.6 Å². The number of fused-ring (bicyclic) bond motifs is 14. The third-order valence-corrected chi connectivity index (χ3v) is 13.5. The van der Waals surface area contributed by atoms with Crippen molar-refractivity contribution >= 4 is 39.0 Å². The second-order valence-corrected chi connectivity index (χ2v) is 16.7. The molecule has 0 saturated carbocycles. The third-order valence-electron chi connectivity index (χ3n) is 13.5. The molecule has 10 aromatic carbocycles. The van der Waals surface area contributed by atoms with Gasteiger partial charge in [-0.1, -0.05) is 194 Å². The Bertz CT molecular complexity index is 3450. The van der Waals surface area contributed by atoms with Gasteiger partial charge in [-0.15, -0.1) is 0 Å². The van der Waals surface area contributed by atoms with E-state index in [1.165, 1.54) is 77.9 Å². The van der Waals surface area contributed by atoms with Gasteiger partial charge in [-0.05, 0) is 120 Å². The van der Waals surface area contributed by atoms with Crippen LogP contribution in [0.5, 0.6) is 0 Å². The highest BCUT2D eigenvalue weighted by Crippen LogP contribution is 2.66. The number of hydrogen-bond donors (Lipinski definition) is 0. The SMILES string of the molecule is c1ccc(-c2ccc(N(c3ccc(-c4ccccc4)cc3)c3cc4c(c5c3oc3ccccc35)-c3ccccc3C43c4ccccc4-c4ccc(-c5ccccc5)cc43)cc2)cc1. The lowest BCUT2D eigenvalue weighted by molar-refractivity contribution is 0.668. The second kappa shape index (κ2) is 13.9. The monoisotopic (exact) mass is 801 g/mol. The Morgan fingerprint density at radius 3 is 1.41 bits per heavy atom. The van der Waals surface area contributed by atoms with Crippen molar-refractivity contribution in [3.63, 3.8) is 0 Å². The highest BCUT2D eigenvalue weighted by molar-refractivity contribution is 6.20. The Balaban J connectivity index is 1.14. The molecular weight excluding hydrogens is 763 g/mol. The van der Waals surface area contributed by atoms with Crippen molar-refractivity contribution in [2.24, 2.45) is 0 Å². The Kier molecular flexibility index (Phi) is 7.85. The first-order valence-corrected chi connectivity index (χ1v) is 21.8. The average molecular weight is 802 g/mol. The highest BCUT2D eigenvalue weighted by Gasteiger charge is 2.53. The fraction of sp³-hybridized carbons (Fsp3) is 0.0164. The van der Waals surface area contributed by atoms with E-state index < -0.39 is 5.41 Å². The fourth-order valence-corrected chi connectivity index (χ4v) is 10.8. The molecule has 2 nitrogen and oxygen atoms in total. The minimum Gasteiger partial charge on any atom is -0.454 e. The summed E-state index contributed by atoms with van der Waals surface area (Å²) in [6.45, 7) is 0. The molecule has 11 aromatic rings. The Morgan fingerprint density at radius 2 is 0.794 bits per heavy atom. The topological polar surface area (TPSA) is 16.4 Å². The van der Waals surface area contributed by atoms with E-state index in [0.29, 0.717) is 0 Å². The molecule has 0 fully saturated rings. The van der Waals surface area contributed by atoms with Gasteiger partial charge in [0.05, 0.1) is 11.1 Å². The van der Waals surface area contributed by atoms with Crippen LogP contribution in [0, 0.1) is 0 Å². The van der Waals surface area contributed by atoms with Crippen LogP contribution < -0.4 is 4.90 Å². The maximum atomic E-state index is 7.16. The van der Waals surface area contributed by atoms with E-state index >= 15 is 0 Å². The molecule has 2 aliphatic rings. The lowest BCUT2D eigenvalue weighted by Crippen LogP contribution is -2.26. The molecule has 2 heteroatoms. The molecule has 0 saturated heterocycles. The van der Waals surface area contributed by atoms with Gasteiger partial charge in [0, 0.05) is 22.1 Å². The summed E-state index contributed by atoms with van der Waals surface area (Å²) in [5.41, 5.74) is 21.6. The van der Waals surface area contributed by atoms with E-state index in [-0.39, 0.29) is 0 Å². The summed E-state index contributed by atoms with van der Waals surface area (Å²) in [6, 6.07) is 86.3. The van der Waals surface area contributed by atoms with E-state index in [9.17, 15) is 0 Å². The molecule has 63 heavy (non-hydrogen) atoms. The first-order valence-electron chi connectivity index (χ1n) is 21.8. The second-order valence-electron chi connectivity index (χ2n) is 16.7. The maximum absolute atomic E-state index is 7.16. The third kappa shape index (κ3) is 5.25. The number of anilines is 3. The lowest BCUT2D eigenvalue weighted by Gasteiger charge is -2.32. The Hall–Kier alpha value is -8.20. The van der Waals surface area contributed by atoms with Crippen molar-refractivity contribution in [1.82, 2.24) is 0 Å². The number of nitrogens with zero attached hydrogens (tertiary/aromatic N) is 1. The molecule has 1 aromatic heterocycles. The Labute approximate surface area is 366 Å². The van der Waals surface area contributed by atoms with Crippen LogP contribution in [0.15, 0.2) is 241 Å². The molecule has 2 aliphatic carbocycles. The zero-order chi connectivity index (χ0) is 41.5. The van der Waals surface area contributed by atoms with Crippen molar-refractivity contribution in [2.75, 3.05) is 4.90 Å². The van der Waals surface area contributed by atoms with Gasteiger partial charge in [0.2, 0.25) is 0 Å². The minimum atomic E-state index is -0.593. The van der Waals surface area contributed by atoms with Crippen LogP contribution >= 0.6 is 0 Å². The normalized spacial score (nSPS) is 14.4. The van der Waals surface area contributed by atoms with Gasteiger partial charge in [0.1, 0.15) is 5.58 Å². The maximum Gasteiger partial charge on any atom is 0.160 e. The molecule has 1 unspecified atom stereocenters. The smallest absolute Gasteiger partial charge is 0.160 e. The van der Waals surface area contributed by atoms with Crippen molar-refractivity contribution in [3.05, 3.63) is 259 Å². The average Bonchev–Trinajstić information content (AvgIpc) is 3.99. The van der Waals surface area contributed by atoms with Crippen molar-refractivity contribution < 1.29 is 4.42 Å². The Morgan fingerprint density at radius 1 is 0.333 bits per heavy atom. The number of rotatable bonds is 6. The van der Waals surface area contributed by atoms with Gasteiger partial charge in [-0.2, -0.15) is 0 Å². The zero-order valence-corrected chi connectivity index (χ0v) is 34.4. The minimum absolute atomic E-state index is 0.593. The first kappa shape index (κ1) is 35.5. The molecule has 1 atom stereocenters. The van der Waals surface area contributed by atoms with E-state index in [0.717, 1.165) is 39.0 Å². The fourth-order valence-electron chi connectivity index (χ4n) is 10.8. The summed E-state index contributed by atoms with van der Waals surface area (Å²) >= 11 is 0. The van der Waals surface area contributed by atoms with Crippen LogP contribution in [-0.2, 0) is 5.41 Å². The largest absolute Gasteiger partial charge is 0.454 e. The van der Waals surface area contributed by atoms with Gasteiger partial charge < -0.3 is 9.32 Å². The van der Waals surface area contributed by atoms with Crippen LogP contribution in [0.3, 0.4) is 0 Å². The highest BCUT2D eigenvalue weighted by atomic mass is 16.3. The summed E-state index contributed by atoms with van der Waals surface area (Å²) < 4.78 is 7.16. The molecule has 294 valence electrons. The van der Waals surface area contributed by atoms with Gasteiger partial charge in [0.25, 0.3) is 0 Å². The van der Waals surface area contributed by atoms with Crippen LogP contribution in [-0.4, -0.2) is 0 Å². The van der Waals surface area contributed by atoms with E-state index in [2.05, 4.69) is 241 Å². The predicted octanol–water partition coefficient (Wildman–Crippen LogP) is 16.4. The molecule has 0 amide bonds. The summed E-state index contributed by atoms with van der Waals surface area (Å²) in [5, 5.41) is 2.25. The number of benzene rings is 10. The van der Waals surface area contributed by atoms with Crippen LogP contribution in [0.2, 0.25) is 0 Å². The van der Waals surface area contributed by atoms with E-state index in [4.69, 9.17) is 4.42 Å².